The first-order valence-electron chi connectivity index (χ1n) is 5.99. The lowest BCUT2D eigenvalue weighted by Crippen LogP contribution is -2.20. The number of carbonyl (C=O) groups is 1. The lowest BCUT2D eigenvalue weighted by molar-refractivity contribution is -0.118. The second kappa shape index (κ2) is 6.52. The van der Waals surface area contributed by atoms with Gasteiger partial charge in [0.05, 0.1) is 5.69 Å². The van der Waals surface area contributed by atoms with E-state index in [0.29, 0.717) is 11.4 Å². The second-order valence-corrected chi connectivity index (χ2v) is 5.08. The smallest absolute Gasteiger partial charge is 0.262 e. The van der Waals surface area contributed by atoms with E-state index in [0.717, 1.165) is 10.0 Å². The minimum absolute atomic E-state index is 0.175. The molecule has 0 atom stereocenters. The lowest BCUT2D eigenvalue weighted by atomic mass is 10.2. The number of hydrogen-bond donors (Lipinski definition) is 1. The second-order valence-electron chi connectivity index (χ2n) is 4.23. The minimum atomic E-state index is -0.392. The number of amides is 1. The number of hydrogen-bond acceptors (Lipinski definition) is 2. The van der Waals surface area contributed by atoms with Crippen molar-refractivity contribution in [2.45, 2.75) is 6.92 Å². The van der Waals surface area contributed by atoms with Crippen molar-refractivity contribution >= 4 is 27.5 Å². The van der Waals surface area contributed by atoms with Crippen molar-refractivity contribution in [1.82, 2.24) is 0 Å². The van der Waals surface area contributed by atoms with Gasteiger partial charge in [-0.15, -0.1) is 0 Å². The summed E-state index contributed by atoms with van der Waals surface area (Å²) in [6, 6.07) is 11.5. The van der Waals surface area contributed by atoms with Crippen LogP contribution in [-0.2, 0) is 4.79 Å². The number of halogens is 2. The molecule has 5 heteroatoms. The Balaban J connectivity index is 1.96. The zero-order valence-electron chi connectivity index (χ0n) is 10.8. The average Bonchev–Trinajstić information content (AvgIpc) is 2.42. The van der Waals surface area contributed by atoms with E-state index in [9.17, 15) is 9.18 Å². The van der Waals surface area contributed by atoms with Gasteiger partial charge < -0.3 is 10.1 Å². The number of rotatable bonds is 4. The normalized spacial score (nSPS) is 10.2. The highest BCUT2D eigenvalue weighted by molar-refractivity contribution is 9.10. The molecular weight excluding hydrogens is 325 g/mol. The summed E-state index contributed by atoms with van der Waals surface area (Å²) >= 11 is 3.34. The van der Waals surface area contributed by atoms with Crippen LogP contribution in [0.4, 0.5) is 10.1 Å². The van der Waals surface area contributed by atoms with Gasteiger partial charge in [0.2, 0.25) is 0 Å². The van der Waals surface area contributed by atoms with Crippen molar-refractivity contribution in [1.29, 1.82) is 0 Å². The summed E-state index contributed by atoms with van der Waals surface area (Å²) in [5, 5.41) is 2.71. The molecule has 0 bridgehead atoms. The van der Waals surface area contributed by atoms with Crippen LogP contribution in [-0.4, -0.2) is 12.5 Å². The molecule has 0 aliphatic rings. The number of ether oxygens (including phenoxy) is 1. The molecule has 1 amide bonds. The SMILES string of the molecule is Cc1ccc(F)cc1OCC(=O)Nc1ccccc1Br. The molecule has 1 N–H and O–H groups in total. The Bertz CT molecular complexity index is 631. The molecule has 3 nitrogen and oxygen atoms in total. The highest BCUT2D eigenvalue weighted by Gasteiger charge is 2.08. The van der Waals surface area contributed by atoms with Gasteiger partial charge in [-0.2, -0.15) is 0 Å². The zero-order valence-corrected chi connectivity index (χ0v) is 12.4. The van der Waals surface area contributed by atoms with Crippen LogP contribution in [0, 0.1) is 12.7 Å². The maximum absolute atomic E-state index is 13.1. The Morgan fingerprint density at radius 1 is 1.30 bits per heavy atom. The molecular formula is C15H13BrFNO2. The van der Waals surface area contributed by atoms with Gasteiger partial charge in [-0.05, 0) is 46.6 Å². The molecule has 0 fully saturated rings. The number of nitrogens with one attached hydrogen (secondary N) is 1. The molecule has 0 aromatic heterocycles. The topological polar surface area (TPSA) is 38.3 Å². The van der Waals surface area contributed by atoms with Crippen LogP contribution in [0.3, 0.4) is 0 Å². The largest absolute Gasteiger partial charge is 0.483 e. The van der Waals surface area contributed by atoms with Crippen molar-refractivity contribution in [2.75, 3.05) is 11.9 Å². The fraction of sp³-hybridized carbons (Fsp3) is 0.133. The van der Waals surface area contributed by atoms with Crippen molar-refractivity contribution in [3.63, 3.8) is 0 Å². The van der Waals surface area contributed by atoms with Crippen molar-refractivity contribution in [2.24, 2.45) is 0 Å². The molecule has 2 aromatic rings. The fourth-order valence-corrected chi connectivity index (χ4v) is 2.01. The summed E-state index contributed by atoms with van der Waals surface area (Å²) in [5.41, 5.74) is 1.44. The number of aryl methyl sites for hydroxylation is 1. The minimum Gasteiger partial charge on any atom is -0.483 e. The number of anilines is 1. The van der Waals surface area contributed by atoms with E-state index in [4.69, 9.17) is 4.74 Å². The van der Waals surface area contributed by atoms with Crippen LogP contribution >= 0.6 is 15.9 Å². The maximum atomic E-state index is 13.1. The van der Waals surface area contributed by atoms with E-state index < -0.39 is 5.82 Å². The number of para-hydroxylation sites is 1. The van der Waals surface area contributed by atoms with Crippen LogP contribution in [0.25, 0.3) is 0 Å². The van der Waals surface area contributed by atoms with E-state index in [1.54, 1.807) is 19.1 Å². The maximum Gasteiger partial charge on any atom is 0.262 e. The third kappa shape index (κ3) is 3.81. The van der Waals surface area contributed by atoms with Crippen molar-refractivity contribution in [3.05, 3.63) is 58.3 Å². The Labute approximate surface area is 124 Å². The van der Waals surface area contributed by atoms with Gasteiger partial charge >= 0.3 is 0 Å². The Kier molecular flexibility index (Phi) is 4.74. The summed E-state index contributed by atoms with van der Waals surface area (Å²) in [7, 11) is 0. The van der Waals surface area contributed by atoms with E-state index in [1.807, 2.05) is 18.2 Å². The zero-order chi connectivity index (χ0) is 14.5. The summed E-state index contributed by atoms with van der Waals surface area (Å²) in [6.07, 6.45) is 0. The summed E-state index contributed by atoms with van der Waals surface area (Å²) in [6.45, 7) is 1.62. The van der Waals surface area contributed by atoms with E-state index in [-0.39, 0.29) is 12.5 Å². The Morgan fingerprint density at radius 3 is 2.80 bits per heavy atom. The molecule has 0 aliphatic heterocycles. The van der Waals surface area contributed by atoms with E-state index >= 15 is 0 Å². The van der Waals surface area contributed by atoms with Crippen molar-refractivity contribution in [3.8, 4) is 5.75 Å². The summed E-state index contributed by atoms with van der Waals surface area (Å²) in [5.74, 6) is -0.329. The van der Waals surface area contributed by atoms with Crippen LogP contribution in [0.5, 0.6) is 5.75 Å². The van der Waals surface area contributed by atoms with Crippen LogP contribution in [0.2, 0.25) is 0 Å². The molecule has 0 heterocycles. The fourth-order valence-electron chi connectivity index (χ4n) is 1.62. The molecule has 0 unspecified atom stereocenters. The van der Waals surface area contributed by atoms with Gasteiger partial charge in [-0.3, -0.25) is 4.79 Å². The number of benzene rings is 2. The molecule has 0 spiro atoms. The molecule has 20 heavy (non-hydrogen) atoms. The molecule has 104 valence electrons. The average molecular weight is 338 g/mol. The highest BCUT2D eigenvalue weighted by Crippen LogP contribution is 2.21. The van der Waals surface area contributed by atoms with Gasteiger partial charge in [0.1, 0.15) is 11.6 Å². The summed E-state index contributed by atoms with van der Waals surface area (Å²) in [4.78, 5) is 11.8. The van der Waals surface area contributed by atoms with E-state index in [1.165, 1.54) is 12.1 Å². The molecule has 2 aromatic carbocycles. The molecule has 0 radical (unpaired) electrons. The summed E-state index contributed by atoms with van der Waals surface area (Å²) < 4.78 is 19.2. The van der Waals surface area contributed by atoms with Gasteiger partial charge in [0.15, 0.2) is 6.61 Å². The lowest BCUT2D eigenvalue weighted by Gasteiger charge is -2.10. The Morgan fingerprint density at radius 2 is 2.05 bits per heavy atom. The molecule has 0 saturated carbocycles. The third-order valence-electron chi connectivity index (χ3n) is 2.66. The van der Waals surface area contributed by atoms with E-state index in [2.05, 4.69) is 21.2 Å². The molecule has 0 saturated heterocycles. The van der Waals surface area contributed by atoms with Crippen LogP contribution in [0.15, 0.2) is 46.9 Å². The highest BCUT2D eigenvalue weighted by atomic mass is 79.9. The standard InChI is InChI=1S/C15H13BrFNO2/c1-10-6-7-11(17)8-14(10)20-9-15(19)18-13-5-3-2-4-12(13)16/h2-8H,9H2,1H3,(H,18,19). The quantitative estimate of drug-likeness (QED) is 0.918. The van der Waals surface area contributed by atoms with Crippen LogP contribution in [0.1, 0.15) is 5.56 Å². The van der Waals surface area contributed by atoms with Gasteiger partial charge in [-0.1, -0.05) is 18.2 Å². The predicted octanol–water partition coefficient (Wildman–Crippen LogP) is 3.91. The van der Waals surface area contributed by atoms with Crippen LogP contribution < -0.4 is 10.1 Å². The van der Waals surface area contributed by atoms with Gasteiger partial charge in [0, 0.05) is 10.5 Å². The first kappa shape index (κ1) is 14.5. The first-order chi connectivity index (χ1) is 9.56. The third-order valence-corrected chi connectivity index (χ3v) is 3.35. The monoisotopic (exact) mass is 337 g/mol. The predicted molar refractivity (Wildman–Crippen MR) is 79.4 cm³/mol. The van der Waals surface area contributed by atoms with Gasteiger partial charge in [0.25, 0.3) is 5.91 Å². The molecule has 2 rings (SSSR count). The van der Waals surface area contributed by atoms with Gasteiger partial charge in [-0.25, -0.2) is 4.39 Å². The Hall–Kier alpha value is -1.88. The number of carbonyl (C=O) groups excluding carboxylic acids is 1. The first-order valence-corrected chi connectivity index (χ1v) is 6.79. The van der Waals surface area contributed by atoms with Crippen molar-refractivity contribution < 1.29 is 13.9 Å². The molecule has 0 aliphatic carbocycles.